The van der Waals surface area contributed by atoms with Gasteiger partial charge in [0.25, 0.3) is 0 Å². The zero-order chi connectivity index (χ0) is 13.7. The molecule has 1 N–H and O–H groups in total. The highest BCUT2D eigenvalue weighted by atomic mass is 14.9. The van der Waals surface area contributed by atoms with Crippen molar-refractivity contribution < 1.29 is 0 Å². The van der Waals surface area contributed by atoms with Crippen LogP contribution < -0.4 is 5.32 Å². The van der Waals surface area contributed by atoms with Gasteiger partial charge in [0.15, 0.2) is 0 Å². The van der Waals surface area contributed by atoms with Gasteiger partial charge in [-0.1, -0.05) is 24.3 Å². The molecule has 0 spiro atoms. The Bertz CT molecular complexity index is 662. The van der Waals surface area contributed by atoms with Gasteiger partial charge in [-0.3, -0.25) is 0 Å². The van der Waals surface area contributed by atoms with Crippen LogP contribution in [-0.2, 0) is 0 Å². The molecule has 1 atom stereocenters. The zero-order valence-corrected chi connectivity index (χ0v) is 10.6. The van der Waals surface area contributed by atoms with Gasteiger partial charge in [-0.25, -0.2) is 0 Å². The van der Waals surface area contributed by atoms with Crippen LogP contribution in [0, 0.1) is 22.7 Å². The van der Waals surface area contributed by atoms with Gasteiger partial charge in [-0.2, -0.15) is 10.5 Å². The first-order chi connectivity index (χ1) is 9.24. The Hall–Kier alpha value is -2.78. The average Bonchev–Trinajstić information content (AvgIpc) is 2.47. The highest BCUT2D eigenvalue weighted by molar-refractivity contribution is 5.58. The fraction of sp³-hybridized carbons (Fsp3) is 0.125. The van der Waals surface area contributed by atoms with Crippen molar-refractivity contribution in [3.63, 3.8) is 0 Å². The number of nitrogens with one attached hydrogen (secondary N) is 1. The monoisotopic (exact) mass is 247 g/mol. The second-order valence-electron chi connectivity index (χ2n) is 4.26. The van der Waals surface area contributed by atoms with Crippen molar-refractivity contribution in [1.82, 2.24) is 0 Å². The summed E-state index contributed by atoms with van der Waals surface area (Å²) in [6.45, 7) is 2.00. The van der Waals surface area contributed by atoms with Crippen molar-refractivity contribution in [2.75, 3.05) is 5.32 Å². The minimum absolute atomic E-state index is 0.0304. The second kappa shape index (κ2) is 5.71. The van der Waals surface area contributed by atoms with Gasteiger partial charge >= 0.3 is 0 Å². The van der Waals surface area contributed by atoms with Crippen LogP contribution in [0.15, 0.2) is 48.5 Å². The van der Waals surface area contributed by atoms with Gasteiger partial charge in [0, 0.05) is 6.04 Å². The number of hydrogen-bond acceptors (Lipinski definition) is 3. The summed E-state index contributed by atoms with van der Waals surface area (Å²) in [4.78, 5) is 0. The van der Waals surface area contributed by atoms with Gasteiger partial charge in [-0.05, 0) is 36.8 Å². The lowest BCUT2D eigenvalue weighted by Crippen LogP contribution is -2.07. The van der Waals surface area contributed by atoms with Gasteiger partial charge in [0.05, 0.1) is 22.9 Å². The van der Waals surface area contributed by atoms with Gasteiger partial charge < -0.3 is 5.32 Å². The maximum Gasteiger partial charge on any atom is 0.101 e. The number of nitrogens with zero attached hydrogens (tertiary/aromatic N) is 2. The topological polar surface area (TPSA) is 59.6 Å². The van der Waals surface area contributed by atoms with E-state index >= 15 is 0 Å². The molecule has 19 heavy (non-hydrogen) atoms. The van der Waals surface area contributed by atoms with Crippen molar-refractivity contribution in [3.05, 3.63) is 65.2 Å². The molecule has 0 bridgehead atoms. The lowest BCUT2D eigenvalue weighted by Gasteiger charge is -2.16. The number of para-hydroxylation sites is 1. The van der Waals surface area contributed by atoms with E-state index in [0.717, 1.165) is 11.3 Å². The van der Waals surface area contributed by atoms with E-state index in [1.165, 1.54) is 0 Å². The molecular formula is C16H13N3. The largest absolute Gasteiger partial charge is 0.377 e. The first-order valence-corrected chi connectivity index (χ1v) is 6.00. The first kappa shape index (κ1) is 12.7. The number of hydrogen-bond donors (Lipinski definition) is 1. The van der Waals surface area contributed by atoms with Crippen LogP contribution in [-0.4, -0.2) is 0 Å². The molecule has 0 aliphatic heterocycles. The molecule has 2 aromatic carbocycles. The van der Waals surface area contributed by atoms with E-state index in [4.69, 9.17) is 10.5 Å². The molecule has 0 radical (unpaired) electrons. The molecule has 0 aliphatic carbocycles. The van der Waals surface area contributed by atoms with Crippen molar-refractivity contribution >= 4 is 5.69 Å². The van der Waals surface area contributed by atoms with Crippen molar-refractivity contribution in [3.8, 4) is 12.1 Å². The third kappa shape index (κ3) is 2.91. The Labute approximate surface area is 112 Å². The van der Waals surface area contributed by atoms with Gasteiger partial charge in [-0.15, -0.1) is 0 Å². The van der Waals surface area contributed by atoms with Crippen LogP contribution in [0.1, 0.15) is 29.7 Å². The van der Waals surface area contributed by atoms with Crippen molar-refractivity contribution in [1.29, 1.82) is 10.5 Å². The fourth-order valence-electron chi connectivity index (χ4n) is 1.90. The molecule has 0 aliphatic rings. The van der Waals surface area contributed by atoms with E-state index in [0.29, 0.717) is 11.1 Å². The molecule has 0 aromatic heterocycles. The summed E-state index contributed by atoms with van der Waals surface area (Å²) in [5.74, 6) is 0. The molecule has 1 unspecified atom stereocenters. The smallest absolute Gasteiger partial charge is 0.101 e. The summed E-state index contributed by atoms with van der Waals surface area (Å²) in [6.07, 6.45) is 0. The molecule has 0 saturated heterocycles. The maximum atomic E-state index is 9.05. The van der Waals surface area contributed by atoms with E-state index in [-0.39, 0.29) is 6.04 Å². The van der Waals surface area contributed by atoms with Crippen LogP contribution in [0.3, 0.4) is 0 Å². The summed E-state index contributed by atoms with van der Waals surface area (Å²) < 4.78 is 0. The Balaban J connectivity index is 2.24. The molecule has 0 fully saturated rings. The minimum atomic E-state index is 0.0304. The van der Waals surface area contributed by atoms with E-state index in [9.17, 15) is 0 Å². The van der Waals surface area contributed by atoms with E-state index < -0.39 is 0 Å². The van der Waals surface area contributed by atoms with E-state index in [1.54, 1.807) is 12.1 Å². The lowest BCUT2D eigenvalue weighted by molar-refractivity contribution is 0.883. The van der Waals surface area contributed by atoms with E-state index in [1.807, 2.05) is 43.3 Å². The molecule has 0 saturated carbocycles. The molecule has 2 aromatic rings. The molecule has 0 amide bonds. The first-order valence-electron chi connectivity index (χ1n) is 6.00. The Morgan fingerprint density at radius 3 is 2.53 bits per heavy atom. The summed E-state index contributed by atoms with van der Waals surface area (Å²) in [7, 11) is 0. The summed E-state index contributed by atoms with van der Waals surface area (Å²) >= 11 is 0. The van der Waals surface area contributed by atoms with Gasteiger partial charge in [0.1, 0.15) is 6.07 Å². The van der Waals surface area contributed by atoms with E-state index in [2.05, 4.69) is 17.5 Å². The highest BCUT2D eigenvalue weighted by Gasteiger charge is 2.08. The quantitative estimate of drug-likeness (QED) is 0.901. The average molecular weight is 247 g/mol. The van der Waals surface area contributed by atoms with Crippen molar-refractivity contribution in [2.24, 2.45) is 0 Å². The Morgan fingerprint density at radius 1 is 1.00 bits per heavy atom. The summed E-state index contributed by atoms with van der Waals surface area (Å²) in [5, 5.41) is 21.3. The Morgan fingerprint density at radius 2 is 1.79 bits per heavy atom. The van der Waals surface area contributed by atoms with Crippen LogP contribution in [0.2, 0.25) is 0 Å². The fourth-order valence-corrected chi connectivity index (χ4v) is 1.90. The Kier molecular flexibility index (Phi) is 3.81. The lowest BCUT2D eigenvalue weighted by atomic mass is 10.0. The van der Waals surface area contributed by atoms with Crippen LogP contribution in [0.4, 0.5) is 5.69 Å². The summed E-state index contributed by atoms with van der Waals surface area (Å²) in [5.41, 5.74) is 3.08. The van der Waals surface area contributed by atoms with Crippen LogP contribution >= 0.6 is 0 Å². The maximum absolute atomic E-state index is 9.05. The van der Waals surface area contributed by atoms with Crippen LogP contribution in [0.25, 0.3) is 0 Å². The minimum Gasteiger partial charge on any atom is -0.377 e. The number of rotatable bonds is 3. The third-order valence-corrected chi connectivity index (χ3v) is 2.94. The standard InChI is InChI=1S/C16H13N3/c1-12(14-7-4-5-13(9-14)10-17)19-16-8-3-2-6-15(16)11-18/h2-9,12,19H,1H3. The summed E-state index contributed by atoms with van der Waals surface area (Å²) in [6, 6.07) is 19.2. The normalized spacial score (nSPS) is 11.1. The third-order valence-electron chi connectivity index (χ3n) is 2.94. The van der Waals surface area contributed by atoms with Crippen molar-refractivity contribution in [2.45, 2.75) is 13.0 Å². The number of nitriles is 2. The zero-order valence-electron chi connectivity index (χ0n) is 10.6. The highest BCUT2D eigenvalue weighted by Crippen LogP contribution is 2.22. The predicted octanol–water partition coefficient (Wildman–Crippen LogP) is 3.60. The number of anilines is 1. The molecule has 0 heterocycles. The molecule has 3 nitrogen and oxygen atoms in total. The molecule has 3 heteroatoms. The molecule has 2 rings (SSSR count). The molecular weight excluding hydrogens is 234 g/mol. The van der Waals surface area contributed by atoms with Crippen LogP contribution in [0.5, 0.6) is 0 Å². The SMILES string of the molecule is CC(Nc1ccccc1C#N)c1cccc(C#N)c1. The predicted molar refractivity (Wildman–Crippen MR) is 74.4 cm³/mol. The van der Waals surface area contributed by atoms with Gasteiger partial charge in [0.2, 0.25) is 0 Å². The number of benzene rings is 2. The molecule has 92 valence electrons. The second-order valence-corrected chi connectivity index (χ2v) is 4.26.